The number of hydrogen-bond acceptors (Lipinski definition) is 8. The van der Waals surface area contributed by atoms with E-state index in [9.17, 15) is 18.0 Å². The van der Waals surface area contributed by atoms with Crippen LogP contribution in [0.2, 0.25) is 5.02 Å². The fourth-order valence-corrected chi connectivity index (χ4v) is 3.45. The fourth-order valence-electron chi connectivity index (χ4n) is 2.46. The molecular formula is C17H18ClN5O6S. The molecule has 11 nitrogen and oxygen atoms in total. The molecule has 0 bridgehead atoms. The Morgan fingerprint density at radius 1 is 1.10 bits per heavy atom. The van der Waals surface area contributed by atoms with Gasteiger partial charge in [-0.25, -0.2) is 9.52 Å². The fraction of sp³-hybridized carbons (Fsp3) is 0.294. The predicted molar refractivity (Wildman–Crippen MR) is 108 cm³/mol. The summed E-state index contributed by atoms with van der Waals surface area (Å²) in [5, 5.41) is 2.46. The number of hydrogen-bond donors (Lipinski definition) is 3. The molecule has 3 rings (SSSR count). The minimum atomic E-state index is -4.38. The zero-order valence-corrected chi connectivity index (χ0v) is 17.5. The first-order valence-electron chi connectivity index (χ1n) is 8.63. The van der Waals surface area contributed by atoms with Crippen molar-refractivity contribution in [2.24, 2.45) is 5.92 Å². The van der Waals surface area contributed by atoms with E-state index in [-0.39, 0.29) is 45.7 Å². The summed E-state index contributed by atoms with van der Waals surface area (Å²) in [6.45, 7) is 0. The Hall–Kier alpha value is -3.12. The number of nitrogens with one attached hydrogen (secondary N) is 3. The third-order valence-electron chi connectivity index (χ3n) is 3.99. The minimum absolute atomic E-state index is 0.0101. The summed E-state index contributed by atoms with van der Waals surface area (Å²) in [5.41, 5.74) is 0.146. The normalized spacial score (nSPS) is 13.3. The molecule has 2 aromatic rings. The largest absolute Gasteiger partial charge is 0.481 e. The van der Waals surface area contributed by atoms with E-state index in [0.29, 0.717) is 0 Å². The number of ketones is 1. The van der Waals surface area contributed by atoms with Crippen LogP contribution in [0.25, 0.3) is 0 Å². The molecule has 13 heteroatoms. The number of rotatable bonds is 8. The van der Waals surface area contributed by atoms with E-state index in [0.717, 1.165) is 12.8 Å². The number of amides is 2. The third kappa shape index (κ3) is 5.48. The number of anilines is 2. The highest BCUT2D eigenvalue weighted by Crippen LogP contribution is 2.35. The van der Waals surface area contributed by atoms with Crippen molar-refractivity contribution >= 4 is 45.3 Å². The number of carbonyl (C=O) groups excluding carboxylic acids is 2. The lowest BCUT2D eigenvalue weighted by Crippen LogP contribution is -2.38. The van der Waals surface area contributed by atoms with Crippen LogP contribution in [0.15, 0.2) is 24.3 Å². The van der Waals surface area contributed by atoms with Crippen LogP contribution in [-0.2, 0) is 10.2 Å². The van der Waals surface area contributed by atoms with Crippen molar-refractivity contribution in [3.8, 4) is 11.8 Å². The van der Waals surface area contributed by atoms with Crippen molar-refractivity contribution in [3.05, 3.63) is 34.9 Å². The molecule has 1 aromatic carbocycles. The van der Waals surface area contributed by atoms with Gasteiger partial charge in [0.25, 0.3) is 0 Å². The molecule has 1 saturated carbocycles. The maximum Gasteiger partial charge on any atom is 0.336 e. The second kappa shape index (κ2) is 8.71. The van der Waals surface area contributed by atoms with Crippen molar-refractivity contribution in [2.75, 3.05) is 24.3 Å². The van der Waals surface area contributed by atoms with Gasteiger partial charge in [0.1, 0.15) is 0 Å². The summed E-state index contributed by atoms with van der Waals surface area (Å²) in [5.74, 6) is -0.403. The number of ether oxygens (including phenoxy) is 2. The van der Waals surface area contributed by atoms with Gasteiger partial charge < -0.3 is 9.47 Å². The Balaban J connectivity index is 1.73. The van der Waals surface area contributed by atoms with Gasteiger partial charge >= 0.3 is 16.2 Å². The molecule has 3 N–H and O–H groups in total. The average molecular weight is 456 g/mol. The van der Waals surface area contributed by atoms with Crippen LogP contribution in [0, 0.1) is 5.92 Å². The van der Waals surface area contributed by atoms with Crippen LogP contribution in [0.3, 0.4) is 0 Å². The molecule has 1 aliphatic rings. The molecule has 0 atom stereocenters. The van der Waals surface area contributed by atoms with Gasteiger partial charge in [0.05, 0.1) is 26.0 Å². The number of methoxy groups -OCH3 is 2. The van der Waals surface area contributed by atoms with E-state index in [1.165, 1.54) is 38.5 Å². The average Bonchev–Trinajstić information content (AvgIpc) is 3.53. The monoisotopic (exact) mass is 455 g/mol. The number of carbonyl (C=O) groups is 2. The Morgan fingerprint density at radius 2 is 1.73 bits per heavy atom. The summed E-state index contributed by atoms with van der Waals surface area (Å²) in [6.07, 6.45) is 1.48. The molecule has 0 saturated heterocycles. The van der Waals surface area contributed by atoms with Gasteiger partial charge in [-0.1, -0.05) is 11.6 Å². The highest BCUT2D eigenvalue weighted by Gasteiger charge is 2.32. The van der Waals surface area contributed by atoms with E-state index in [2.05, 4.69) is 20.0 Å². The molecule has 0 unspecified atom stereocenters. The molecule has 1 aromatic heterocycles. The molecule has 0 aliphatic heterocycles. The van der Waals surface area contributed by atoms with Crippen molar-refractivity contribution in [1.29, 1.82) is 0 Å². The summed E-state index contributed by atoms with van der Waals surface area (Å²) in [6, 6.07) is 4.41. The number of halogens is 1. The molecule has 0 radical (unpaired) electrons. The van der Waals surface area contributed by atoms with E-state index < -0.39 is 16.2 Å². The number of nitrogens with zero attached hydrogens (tertiary/aromatic N) is 2. The van der Waals surface area contributed by atoms with Crippen LogP contribution in [0.4, 0.5) is 16.4 Å². The molecule has 160 valence electrons. The summed E-state index contributed by atoms with van der Waals surface area (Å²) in [4.78, 5) is 32.3. The molecule has 2 amide bonds. The standard InChI is InChI=1S/C17H18ClN5O6S/c1-28-13-8-14(29-2)20-16(19-13)21-17(25)23-30(26,27)22-12-6-5-10(18)7-11(12)15(24)9-3-4-9/h5-9,22H,3-4H2,1-2H3,(H2,19,20,21,23,25). The number of urea groups is 1. The lowest BCUT2D eigenvalue weighted by atomic mass is 10.1. The highest BCUT2D eigenvalue weighted by atomic mass is 35.5. The van der Waals surface area contributed by atoms with Crippen molar-refractivity contribution < 1.29 is 27.5 Å². The molecule has 1 heterocycles. The minimum Gasteiger partial charge on any atom is -0.481 e. The summed E-state index contributed by atoms with van der Waals surface area (Å²) < 4.78 is 38.6. The second-order valence-electron chi connectivity index (χ2n) is 6.27. The van der Waals surface area contributed by atoms with Gasteiger partial charge in [0.2, 0.25) is 17.7 Å². The maximum absolute atomic E-state index is 12.4. The van der Waals surface area contributed by atoms with Crippen LogP contribution in [0.5, 0.6) is 11.8 Å². The van der Waals surface area contributed by atoms with E-state index >= 15 is 0 Å². The van der Waals surface area contributed by atoms with Gasteiger partial charge in [-0.3, -0.25) is 14.8 Å². The zero-order chi connectivity index (χ0) is 21.9. The Labute approximate surface area is 177 Å². The van der Waals surface area contributed by atoms with Crippen LogP contribution in [-0.4, -0.2) is 44.4 Å². The lowest BCUT2D eigenvalue weighted by Gasteiger charge is -2.13. The summed E-state index contributed by atoms with van der Waals surface area (Å²) in [7, 11) is -1.68. The van der Waals surface area contributed by atoms with Gasteiger partial charge in [0, 0.05) is 16.5 Å². The predicted octanol–water partition coefficient (Wildman–Crippen LogP) is 2.22. The number of aromatic nitrogens is 2. The zero-order valence-electron chi connectivity index (χ0n) is 15.9. The Morgan fingerprint density at radius 3 is 2.30 bits per heavy atom. The molecule has 1 aliphatic carbocycles. The quantitative estimate of drug-likeness (QED) is 0.513. The first kappa shape index (κ1) is 21.6. The maximum atomic E-state index is 12.4. The summed E-state index contributed by atoms with van der Waals surface area (Å²) >= 11 is 5.94. The first-order chi connectivity index (χ1) is 14.2. The Bertz CT molecular complexity index is 1070. The third-order valence-corrected chi connectivity index (χ3v) is 5.17. The van der Waals surface area contributed by atoms with Gasteiger partial charge in [0.15, 0.2) is 5.78 Å². The molecule has 30 heavy (non-hydrogen) atoms. The topological polar surface area (TPSA) is 149 Å². The van der Waals surface area contributed by atoms with Crippen LogP contribution >= 0.6 is 11.6 Å². The first-order valence-corrected chi connectivity index (χ1v) is 10.5. The Kier molecular flexibility index (Phi) is 6.27. The van der Waals surface area contributed by atoms with Gasteiger partial charge in [-0.15, -0.1) is 0 Å². The van der Waals surface area contributed by atoms with Crippen LogP contribution in [0.1, 0.15) is 23.2 Å². The highest BCUT2D eigenvalue weighted by molar-refractivity contribution is 7.91. The van der Waals surface area contributed by atoms with Crippen molar-refractivity contribution in [3.63, 3.8) is 0 Å². The van der Waals surface area contributed by atoms with Crippen LogP contribution < -0.4 is 24.2 Å². The lowest BCUT2D eigenvalue weighted by molar-refractivity contribution is 0.0968. The van der Waals surface area contributed by atoms with E-state index in [1.54, 1.807) is 4.72 Å². The van der Waals surface area contributed by atoms with Crippen molar-refractivity contribution in [1.82, 2.24) is 14.7 Å². The SMILES string of the molecule is COc1cc(OC)nc(NC(=O)NS(=O)(=O)Nc2ccc(Cl)cc2C(=O)C2CC2)n1. The molecule has 1 fully saturated rings. The van der Waals surface area contributed by atoms with E-state index in [1.807, 2.05) is 0 Å². The second-order valence-corrected chi connectivity index (χ2v) is 8.12. The van der Waals surface area contributed by atoms with E-state index in [4.69, 9.17) is 21.1 Å². The molecule has 0 spiro atoms. The molecular weight excluding hydrogens is 438 g/mol. The van der Waals surface area contributed by atoms with Crippen molar-refractivity contribution in [2.45, 2.75) is 12.8 Å². The number of Topliss-reactive ketones (excluding diaryl/α,β-unsaturated/α-hetero) is 1. The van der Waals surface area contributed by atoms with Gasteiger partial charge in [-0.2, -0.15) is 18.4 Å². The smallest absolute Gasteiger partial charge is 0.336 e. The van der Waals surface area contributed by atoms with Gasteiger partial charge in [-0.05, 0) is 31.0 Å². The number of benzene rings is 1.